The first kappa shape index (κ1) is 48.5. The molecule has 352 valence electrons. The predicted octanol–water partition coefficient (Wildman–Crippen LogP) is 8.01. The van der Waals surface area contributed by atoms with Crippen LogP contribution in [0.15, 0.2) is 158 Å². The summed E-state index contributed by atoms with van der Waals surface area (Å²) in [6.07, 6.45) is 1.34. The zero-order valence-corrected chi connectivity index (χ0v) is 39.3. The second-order valence-corrected chi connectivity index (χ2v) is 18.4. The summed E-state index contributed by atoms with van der Waals surface area (Å²) in [5, 5.41) is 19.9. The van der Waals surface area contributed by atoms with Crippen LogP contribution in [0.2, 0.25) is 0 Å². The number of rotatable bonds is 21. The fourth-order valence-corrected chi connectivity index (χ4v) is 9.22. The molecule has 3 atom stereocenters. The highest BCUT2D eigenvalue weighted by Crippen LogP contribution is 2.43. The van der Waals surface area contributed by atoms with Crippen LogP contribution in [0.3, 0.4) is 0 Å². The van der Waals surface area contributed by atoms with Crippen molar-refractivity contribution in [1.29, 1.82) is 0 Å². The zero-order chi connectivity index (χ0) is 47.6. The van der Waals surface area contributed by atoms with E-state index in [4.69, 9.17) is 18.9 Å². The monoisotopic (exact) mass is 930 g/mol. The Balaban J connectivity index is 0.952. The SMILES string of the molecule is COc1ccc(C(OC[C@H]2O[C@@H](n3cc(C)c(=O)n(CCCCCCNS(=O)(=O)c4ccc(N=Nc5ccc(N(C)C)cc5)cc4)c3=O)CC2O)(c2ccccc2)c2ccc(OC)cc2)cc1. The minimum atomic E-state index is -3.75. The second-order valence-electron chi connectivity index (χ2n) is 16.6. The molecule has 2 heterocycles. The molecule has 1 aliphatic heterocycles. The summed E-state index contributed by atoms with van der Waals surface area (Å²) < 4.78 is 55.5. The molecule has 0 saturated carbocycles. The first-order chi connectivity index (χ1) is 32.3. The number of sulfonamides is 1. The molecule has 0 aliphatic carbocycles. The molecule has 1 aliphatic rings. The molecular formula is C51H58N6O9S. The van der Waals surface area contributed by atoms with Crippen molar-refractivity contribution in [2.24, 2.45) is 10.2 Å². The van der Waals surface area contributed by atoms with Crippen LogP contribution >= 0.6 is 0 Å². The van der Waals surface area contributed by atoms with Crippen molar-refractivity contribution >= 4 is 27.1 Å². The van der Waals surface area contributed by atoms with Gasteiger partial charge in [-0.2, -0.15) is 10.2 Å². The van der Waals surface area contributed by atoms with E-state index in [2.05, 4.69) is 15.0 Å². The average Bonchev–Trinajstić information content (AvgIpc) is 3.73. The Morgan fingerprint density at radius 3 is 1.88 bits per heavy atom. The summed E-state index contributed by atoms with van der Waals surface area (Å²) in [5.41, 5.74) is 3.01. The normalized spacial score (nSPS) is 16.4. The number of azo groups is 1. The molecule has 2 N–H and O–H groups in total. The third-order valence-corrected chi connectivity index (χ3v) is 13.4. The first-order valence-electron chi connectivity index (χ1n) is 22.3. The zero-order valence-electron chi connectivity index (χ0n) is 38.4. The first-order valence-corrected chi connectivity index (χ1v) is 23.7. The molecule has 0 spiro atoms. The van der Waals surface area contributed by atoms with Gasteiger partial charge in [0.25, 0.3) is 5.56 Å². The lowest BCUT2D eigenvalue weighted by molar-refractivity contribution is -0.0946. The lowest BCUT2D eigenvalue weighted by Crippen LogP contribution is -2.42. The molecule has 15 nitrogen and oxygen atoms in total. The van der Waals surface area contributed by atoms with Gasteiger partial charge in [0.2, 0.25) is 10.0 Å². The number of aliphatic hydroxyl groups excluding tert-OH is 1. The fraction of sp³-hybridized carbons (Fsp3) is 0.333. The number of aliphatic hydroxyl groups is 1. The predicted molar refractivity (Wildman–Crippen MR) is 258 cm³/mol. The number of benzene rings is 5. The van der Waals surface area contributed by atoms with Gasteiger partial charge in [0.05, 0.1) is 43.2 Å². The Hall–Kier alpha value is -6.43. The van der Waals surface area contributed by atoms with Crippen LogP contribution in [0.1, 0.15) is 60.6 Å². The Morgan fingerprint density at radius 1 is 0.761 bits per heavy atom. The third kappa shape index (κ3) is 11.4. The second kappa shape index (κ2) is 21.9. The van der Waals surface area contributed by atoms with Gasteiger partial charge in [-0.1, -0.05) is 67.4 Å². The molecule has 6 aromatic rings. The van der Waals surface area contributed by atoms with Crippen LogP contribution in [-0.4, -0.2) is 76.3 Å². The van der Waals surface area contributed by atoms with Crippen LogP contribution in [0.4, 0.5) is 17.1 Å². The van der Waals surface area contributed by atoms with E-state index in [0.29, 0.717) is 54.1 Å². The summed E-state index contributed by atoms with van der Waals surface area (Å²) in [5.74, 6) is 1.37. The third-order valence-electron chi connectivity index (χ3n) is 11.9. The van der Waals surface area contributed by atoms with Crippen molar-refractivity contribution in [1.82, 2.24) is 13.9 Å². The molecule has 5 aromatic carbocycles. The molecular weight excluding hydrogens is 873 g/mol. The molecule has 67 heavy (non-hydrogen) atoms. The maximum absolute atomic E-state index is 13.9. The maximum atomic E-state index is 13.9. The van der Waals surface area contributed by atoms with Gasteiger partial charge in [-0.05, 0) is 109 Å². The Morgan fingerprint density at radius 2 is 1.31 bits per heavy atom. The fourth-order valence-electron chi connectivity index (χ4n) is 8.14. The number of ether oxygens (including phenoxy) is 4. The van der Waals surface area contributed by atoms with Gasteiger partial charge in [-0.3, -0.25) is 13.9 Å². The van der Waals surface area contributed by atoms with E-state index in [1.807, 2.05) is 122 Å². The highest BCUT2D eigenvalue weighted by molar-refractivity contribution is 7.89. The van der Waals surface area contributed by atoms with E-state index in [0.717, 1.165) is 22.4 Å². The number of nitrogens with zero attached hydrogens (tertiary/aromatic N) is 5. The number of methoxy groups -OCH3 is 2. The molecule has 16 heteroatoms. The molecule has 7 rings (SSSR count). The number of unbranched alkanes of at least 4 members (excludes halogenated alkanes) is 3. The number of aromatic nitrogens is 2. The van der Waals surface area contributed by atoms with Crippen molar-refractivity contribution in [2.45, 2.75) is 74.5 Å². The average molecular weight is 931 g/mol. The number of hydrogen-bond donors (Lipinski definition) is 2. The van der Waals surface area contributed by atoms with E-state index in [9.17, 15) is 23.1 Å². The van der Waals surface area contributed by atoms with Gasteiger partial charge < -0.3 is 29.0 Å². The van der Waals surface area contributed by atoms with Gasteiger partial charge in [-0.25, -0.2) is 17.9 Å². The van der Waals surface area contributed by atoms with Crippen LogP contribution in [0.25, 0.3) is 0 Å². The maximum Gasteiger partial charge on any atom is 0.333 e. The molecule has 1 aromatic heterocycles. The van der Waals surface area contributed by atoms with Gasteiger partial charge in [0.15, 0.2) is 0 Å². The summed E-state index contributed by atoms with van der Waals surface area (Å²) in [6.45, 7) is 2.00. The highest BCUT2D eigenvalue weighted by Gasteiger charge is 2.42. The van der Waals surface area contributed by atoms with Crippen molar-refractivity contribution in [3.05, 3.63) is 177 Å². The minimum Gasteiger partial charge on any atom is -0.497 e. The van der Waals surface area contributed by atoms with Crippen molar-refractivity contribution < 1.29 is 32.5 Å². The molecule has 1 saturated heterocycles. The summed E-state index contributed by atoms with van der Waals surface area (Å²) in [4.78, 5) is 29.3. The van der Waals surface area contributed by atoms with Crippen molar-refractivity contribution in [3.8, 4) is 11.5 Å². The topological polar surface area (TPSA) is 175 Å². The molecule has 0 bridgehead atoms. The van der Waals surface area contributed by atoms with Gasteiger partial charge >= 0.3 is 5.69 Å². The molecule has 0 radical (unpaired) electrons. The van der Waals surface area contributed by atoms with E-state index in [-0.39, 0.29) is 31.0 Å². The number of anilines is 1. The number of aryl methyl sites for hydroxylation is 1. The van der Waals surface area contributed by atoms with E-state index >= 15 is 0 Å². The van der Waals surface area contributed by atoms with E-state index in [1.165, 1.54) is 27.5 Å². The molecule has 0 amide bonds. The van der Waals surface area contributed by atoms with Crippen molar-refractivity contribution in [3.63, 3.8) is 0 Å². The smallest absolute Gasteiger partial charge is 0.333 e. The largest absolute Gasteiger partial charge is 0.497 e. The van der Waals surface area contributed by atoms with E-state index in [1.54, 1.807) is 33.3 Å². The van der Waals surface area contributed by atoms with Crippen LogP contribution in [0.5, 0.6) is 11.5 Å². The van der Waals surface area contributed by atoms with Crippen molar-refractivity contribution in [2.75, 3.05) is 46.4 Å². The number of hydrogen-bond acceptors (Lipinski definition) is 12. The molecule has 1 fully saturated rings. The Labute approximate surface area is 391 Å². The van der Waals surface area contributed by atoms with Gasteiger partial charge in [0, 0.05) is 51.1 Å². The number of nitrogens with one attached hydrogen (secondary N) is 1. The molecule has 1 unspecified atom stereocenters. The minimum absolute atomic E-state index is 0.0409. The summed E-state index contributed by atoms with van der Waals surface area (Å²) >= 11 is 0. The van der Waals surface area contributed by atoms with Crippen LogP contribution in [-0.2, 0) is 31.6 Å². The van der Waals surface area contributed by atoms with Crippen LogP contribution in [0, 0.1) is 6.92 Å². The van der Waals surface area contributed by atoms with Gasteiger partial charge in [-0.15, -0.1) is 0 Å². The highest BCUT2D eigenvalue weighted by atomic mass is 32.2. The Kier molecular flexibility index (Phi) is 15.9. The van der Waals surface area contributed by atoms with Gasteiger partial charge in [0.1, 0.15) is 29.4 Å². The Bertz CT molecular complexity index is 2770. The summed E-state index contributed by atoms with van der Waals surface area (Å²) in [6, 6.07) is 38.9. The lowest BCUT2D eigenvalue weighted by Gasteiger charge is -2.37. The van der Waals surface area contributed by atoms with E-state index < -0.39 is 45.3 Å². The van der Waals surface area contributed by atoms with Crippen LogP contribution < -0.4 is 30.3 Å². The standard InChI is InChI=1S/C51H58N6O9S/c1-36-34-57(48-33-46(58)47(66-48)35-65-51(37-13-9-8-10-14-37,38-15-25-43(63-4)26-16-38)39-17-27-44(64-5)28-18-39)50(60)56(49(36)59)32-12-7-6-11-31-52-67(61,62)45-29-21-41(22-30-45)54-53-40-19-23-42(24-20-40)55(2)3/h8-10,13-30,34,46-48,52,58H,6-7,11-12,31-33,35H2,1-5H3/t46?,47-,48-/m1/s1. The lowest BCUT2D eigenvalue weighted by atomic mass is 9.80. The summed E-state index contributed by atoms with van der Waals surface area (Å²) in [7, 11) is 3.39. The quantitative estimate of drug-likeness (QED) is 0.0409.